The molecule has 0 spiro atoms. The van der Waals surface area contributed by atoms with Gasteiger partial charge in [-0.2, -0.15) is 0 Å². The summed E-state index contributed by atoms with van der Waals surface area (Å²) in [6.07, 6.45) is 14.9. The van der Waals surface area contributed by atoms with Crippen LogP contribution in [0.4, 0.5) is 0 Å². The summed E-state index contributed by atoms with van der Waals surface area (Å²) in [4.78, 5) is 0. The predicted molar refractivity (Wildman–Crippen MR) is 89.9 cm³/mol. The summed E-state index contributed by atoms with van der Waals surface area (Å²) < 4.78 is 0. The van der Waals surface area contributed by atoms with E-state index in [0.29, 0.717) is 0 Å². The lowest BCUT2D eigenvalue weighted by Gasteiger charge is -2.33. The molecule has 0 aliphatic carbocycles. The van der Waals surface area contributed by atoms with E-state index in [1.165, 1.54) is 44.9 Å². The van der Waals surface area contributed by atoms with Gasteiger partial charge in [-0.3, -0.25) is 0 Å². The third-order valence-electron chi connectivity index (χ3n) is 4.63. The van der Waals surface area contributed by atoms with Crippen LogP contribution >= 0.6 is 0 Å². The van der Waals surface area contributed by atoms with Gasteiger partial charge in [-0.15, -0.1) is 0 Å². The van der Waals surface area contributed by atoms with Crippen molar-refractivity contribution < 1.29 is 10.0 Å². The molecule has 20 heavy (non-hydrogen) atoms. The lowest BCUT2D eigenvalue weighted by atomic mass is 9.51. The normalized spacial score (nSPS) is 11.8. The number of rotatable bonds is 14. The standard InChI is InChI=1S/C17H37BO2/c1-4-7-10-13-16-17(18(19)20,14-11-8-5-2)15-12-9-6-3/h19-20H,4-16H2,1-3H3. The fraction of sp³-hybridized carbons (Fsp3) is 1.00. The molecule has 0 bridgehead atoms. The van der Waals surface area contributed by atoms with Gasteiger partial charge in [-0.05, 0) is 19.3 Å². The first-order chi connectivity index (χ1) is 9.63. The number of hydrogen-bond acceptors (Lipinski definition) is 2. The molecule has 0 aromatic carbocycles. The molecule has 0 aliphatic rings. The van der Waals surface area contributed by atoms with Gasteiger partial charge in [0.1, 0.15) is 0 Å². The third-order valence-corrected chi connectivity index (χ3v) is 4.63. The molecule has 2 N–H and O–H groups in total. The molecular formula is C17H37BO2. The number of unbranched alkanes of at least 4 members (excludes halogenated alkanes) is 7. The Bertz CT molecular complexity index is 197. The fourth-order valence-corrected chi connectivity index (χ4v) is 3.12. The van der Waals surface area contributed by atoms with Gasteiger partial charge in [0.25, 0.3) is 0 Å². The van der Waals surface area contributed by atoms with Crippen molar-refractivity contribution in [1.29, 1.82) is 0 Å². The molecule has 0 amide bonds. The van der Waals surface area contributed by atoms with Gasteiger partial charge in [0.2, 0.25) is 0 Å². The summed E-state index contributed by atoms with van der Waals surface area (Å²) in [5.74, 6) is 0. The van der Waals surface area contributed by atoms with E-state index in [1.807, 2.05) is 0 Å². The third kappa shape index (κ3) is 8.31. The minimum absolute atomic E-state index is 0.238. The molecule has 0 aliphatic heterocycles. The zero-order chi connectivity index (χ0) is 15.3. The lowest BCUT2D eigenvalue weighted by molar-refractivity contribution is 0.278. The Morgan fingerprint density at radius 2 is 0.950 bits per heavy atom. The Morgan fingerprint density at radius 3 is 1.30 bits per heavy atom. The van der Waals surface area contributed by atoms with Gasteiger partial charge in [-0.25, -0.2) is 0 Å². The molecule has 0 rings (SSSR count). The zero-order valence-corrected chi connectivity index (χ0v) is 14.2. The Hall–Kier alpha value is -0.0151. The maximum absolute atomic E-state index is 9.97. The molecule has 0 radical (unpaired) electrons. The maximum atomic E-state index is 9.97. The largest absolute Gasteiger partial charge is 0.458 e. The molecule has 0 aromatic rings. The van der Waals surface area contributed by atoms with E-state index >= 15 is 0 Å². The highest BCUT2D eigenvalue weighted by Crippen LogP contribution is 2.45. The second-order valence-corrected chi connectivity index (χ2v) is 6.46. The van der Waals surface area contributed by atoms with E-state index in [4.69, 9.17) is 0 Å². The smallest absolute Gasteiger partial charge is 0.427 e. The van der Waals surface area contributed by atoms with Crippen molar-refractivity contribution in [3.05, 3.63) is 0 Å². The summed E-state index contributed by atoms with van der Waals surface area (Å²) in [7, 11) is -1.14. The molecule has 0 heterocycles. The first kappa shape index (κ1) is 20.0. The summed E-state index contributed by atoms with van der Waals surface area (Å²) in [5, 5.41) is 19.7. The highest BCUT2D eigenvalue weighted by atomic mass is 16.4. The van der Waals surface area contributed by atoms with Crippen LogP contribution in [0, 0.1) is 0 Å². The second kappa shape index (κ2) is 12.7. The maximum Gasteiger partial charge on any atom is 0.458 e. The molecule has 0 unspecified atom stereocenters. The van der Waals surface area contributed by atoms with Gasteiger partial charge in [0.05, 0.1) is 0 Å². The van der Waals surface area contributed by atoms with E-state index in [2.05, 4.69) is 20.8 Å². The van der Waals surface area contributed by atoms with E-state index in [0.717, 1.165) is 38.5 Å². The first-order valence-corrected chi connectivity index (χ1v) is 8.99. The van der Waals surface area contributed by atoms with Crippen LogP contribution in [0.1, 0.15) is 104 Å². The van der Waals surface area contributed by atoms with Crippen molar-refractivity contribution in [3.63, 3.8) is 0 Å². The summed E-state index contributed by atoms with van der Waals surface area (Å²) in [5.41, 5.74) is 0. The average Bonchev–Trinajstić information content (AvgIpc) is 2.43. The van der Waals surface area contributed by atoms with Crippen LogP contribution in [0.25, 0.3) is 0 Å². The SMILES string of the molecule is CCCCCCC(CCCCC)(CCCCC)B(O)O. The molecule has 0 aromatic heterocycles. The van der Waals surface area contributed by atoms with Gasteiger partial charge >= 0.3 is 7.12 Å². The Balaban J connectivity index is 4.46. The summed E-state index contributed by atoms with van der Waals surface area (Å²) in [6, 6.07) is 0. The topological polar surface area (TPSA) is 40.5 Å². The van der Waals surface area contributed by atoms with Crippen LogP contribution in [0.3, 0.4) is 0 Å². The van der Waals surface area contributed by atoms with Crippen LogP contribution in [0.5, 0.6) is 0 Å². The van der Waals surface area contributed by atoms with Crippen molar-refractivity contribution in [2.75, 3.05) is 0 Å². The van der Waals surface area contributed by atoms with Crippen molar-refractivity contribution in [1.82, 2.24) is 0 Å². The fourth-order valence-electron chi connectivity index (χ4n) is 3.12. The Morgan fingerprint density at radius 1 is 0.600 bits per heavy atom. The highest BCUT2D eigenvalue weighted by Gasteiger charge is 2.40. The van der Waals surface area contributed by atoms with Crippen molar-refractivity contribution in [2.24, 2.45) is 0 Å². The predicted octanol–water partition coefficient (Wildman–Crippen LogP) is 5.33. The minimum Gasteiger partial charge on any atom is -0.427 e. The highest BCUT2D eigenvalue weighted by molar-refractivity contribution is 6.45. The second-order valence-electron chi connectivity index (χ2n) is 6.46. The molecule has 0 saturated heterocycles. The first-order valence-electron chi connectivity index (χ1n) is 8.99. The lowest BCUT2D eigenvalue weighted by Crippen LogP contribution is -2.33. The van der Waals surface area contributed by atoms with Gasteiger partial charge in [0.15, 0.2) is 0 Å². The van der Waals surface area contributed by atoms with Crippen LogP contribution in [0.2, 0.25) is 5.31 Å². The molecule has 0 atom stereocenters. The van der Waals surface area contributed by atoms with E-state index in [1.54, 1.807) is 0 Å². The van der Waals surface area contributed by atoms with Crippen LogP contribution in [-0.4, -0.2) is 17.2 Å². The molecule has 0 fully saturated rings. The van der Waals surface area contributed by atoms with Gasteiger partial charge < -0.3 is 10.0 Å². The number of hydrogen-bond donors (Lipinski definition) is 2. The minimum atomic E-state index is -1.14. The van der Waals surface area contributed by atoms with E-state index < -0.39 is 7.12 Å². The van der Waals surface area contributed by atoms with Crippen LogP contribution < -0.4 is 0 Å². The Kier molecular flexibility index (Phi) is 12.7. The molecule has 0 saturated carbocycles. The van der Waals surface area contributed by atoms with Crippen molar-refractivity contribution in [2.45, 2.75) is 110 Å². The molecular weight excluding hydrogens is 247 g/mol. The van der Waals surface area contributed by atoms with Gasteiger partial charge in [0, 0.05) is 5.31 Å². The van der Waals surface area contributed by atoms with Gasteiger partial charge in [-0.1, -0.05) is 85.0 Å². The quantitative estimate of drug-likeness (QED) is 0.334. The van der Waals surface area contributed by atoms with E-state index in [9.17, 15) is 10.0 Å². The molecule has 2 nitrogen and oxygen atoms in total. The van der Waals surface area contributed by atoms with Crippen molar-refractivity contribution in [3.8, 4) is 0 Å². The van der Waals surface area contributed by atoms with Crippen molar-refractivity contribution >= 4 is 7.12 Å². The summed E-state index contributed by atoms with van der Waals surface area (Å²) in [6.45, 7) is 6.63. The monoisotopic (exact) mass is 284 g/mol. The van der Waals surface area contributed by atoms with E-state index in [-0.39, 0.29) is 5.31 Å². The molecule has 120 valence electrons. The Labute approximate surface area is 127 Å². The van der Waals surface area contributed by atoms with Crippen LogP contribution in [-0.2, 0) is 0 Å². The summed E-state index contributed by atoms with van der Waals surface area (Å²) >= 11 is 0. The van der Waals surface area contributed by atoms with Crippen LogP contribution in [0.15, 0.2) is 0 Å². The average molecular weight is 284 g/mol. The zero-order valence-electron chi connectivity index (χ0n) is 14.2. The molecule has 3 heteroatoms.